The fourth-order valence-corrected chi connectivity index (χ4v) is 5.75. The number of aryl methyl sites for hydroxylation is 1. The second-order valence-electron chi connectivity index (χ2n) is 9.88. The van der Waals surface area contributed by atoms with Crippen LogP contribution in [0.25, 0.3) is 11.1 Å². The molecule has 0 spiro atoms. The molecule has 3 aromatic carbocycles. The first-order chi connectivity index (χ1) is 20.7. The lowest BCUT2D eigenvalue weighted by Crippen LogP contribution is -2.35. The van der Waals surface area contributed by atoms with E-state index in [9.17, 15) is 44.7 Å². The van der Waals surface area contributed by atoms with Crippen molar-refractivity contribution in [3.8, 4) is 11.1 Å². The maximum atomic E-state index is 14.3. The molecule has 1 aromatic heterocycles. The van der Waals surface area contributed by atoms with Crippen molar-refractivity contribution in [2.24, 2.45) is 0 Å². The standard InChI is InChI=1S/C30H27F6N3O4S/c1-2-3-8-26-37-27(29(32,33)30(34,35)36)24(18-40)39(26)17-19-9-11-20(12-10-19)23-6-4-5-7-25(23)44(42,43)38-28(41)21-13-15-22(31)16-14-21/h4-7,9-16,40H,2-3,8,17-18H2,1H3,(H,38,41). The van der Waals surface area contributed by atoms with Gasteiger partial charge in [-0.3, -0.25) is 4.79 Å². The largest absolute Gasteiger partial charge is 0.459 e. The molecule has 4 rings (SSSR count). The number of aliphatic hydroxyl groups is 1. The van der Waals surface area contributed by atoms with E-state index in [2.05, 4.69) is 4.98 Å². The van der Waals surface area contributed by atoms with Gasteiger partial charge in [0.2, 0.25) is 0 Å². The van der Waals surface area contributed by atoms with Gasteiger partial charge in [0, 0.05) is 24.1 Å². The monoisotopic (exact) mass is 639 g/mol. The van der Waals surface area contributed by atoms with Crippen LogP contribution in [-0.4, -0.2) is 35.2 Å². The van der Waals surface area contributed by atoms with Gasteiger partial charge in [0.15, 0.2) is 0 Å². The van der Waals surface area contributed by atoms with Crippen LogP contribution in [0.15, 0.2) is 77.7 Å². The Bertz CT molecular complexity index is 1740. The van der Waals surface area contributed by atoms with Gasteiger partial charge >= 0.3 is 12.1 Å². The maximum Gasteiger partial charge on any atom is 0.459 e. The molecule has 0 aliphatic rings. The normalized spacial score (nSPS) is 12.4. The number of sulfonamides is 1. The van der Waals surface area contributed by atoms with Crippen LogP contribution in [0.5, 0.6) is 0 Å². The zero-order valence-corrected chi connectivity index (χ0v) is 24.0. The minimum Gasteiger partial charge on any atom is -0.390 e. The van der Waals surface area contributed by atoms with E-state index in [1.165, 1.54) is 42.5 Å². The number of amides is 1. The number of carbonyl (C=O) groups excluding carboxylic acids is 1. The summed E-state index contributed by atoms with van der Waals surface area (Å²) in [5.41, 5.74) is -1.22. The number of benzene rings is 3. The Hall–Kier alpha value is -4.17. The van der Waals surface area contributed by atoms with Crippen LogP contribution >= 0.6 is 0 Å². The van der Waals surface area contributed by atoms with Crippen LogP contribution in [0, 0.1) is 5.82 Å². The third-order valence-electron chi connectivity index (χ3n) is 6.82. The van der Waals surface area contributed by atoms with Gasteiger partial charge < -0.3 is 9.67 Å². The van der Waals surface area contributed by atoms with E-state index in [1.807, 2.05) is 11.6 Å². The lowest BCUT2D eigenvalue weighted by molar-refractivity contribution is -0.291. The Morgan fingerprint density at radius 1 is 0.955 bits per heavy atom. The zero-order chi connectivity index (χ0) is 32.3. The molecule has 14 heteroatoms. The number of hydrogen-bond acceptors (Lipinski definition) is 5. The molecule has 0 fully saturated rings. The van der Waals surface area contributed by atoms with E-state index in [4.69, 9.17) is 0 Å². The summed E-state index contributed by atoms with van der Waals surface area (Å²) in [4.78, 5) is 15.9. The van der Waals surface area contributed by atoms with E-state index in [0.717, 1.165) is 28.8 Å². The average Bonchev–Trinajstić information content (AvgIpc) is 3.33. The van der Waals surface area contributed by atoms with Gasteiger partial charge in [-0.2, -0.15) is 22.0 Å². The predicted molar refractivity (Wildman–Crippen MR) is 149 cm³/mol. The minimum atomic E-state index is -5.91. The second kappa shape index (κ2) is 12.8. The molecule has 0 bridgehead atoms. The number of unbranched alkanes of at least 4 members (excludes halogenated alkanes) is 1. The quantitative estimate of drug-likeness (QED) is 0.187. The Labute approximate surface area is 249 Å². The van der Waals surface area contributed by atoms with Gasteiger partial charge in [0.25, 0.3) is 15.9 Å². The summed E-state index contributed by atoms with van der Waals surface area (Å²) in [6.45, 7) is 0.521. The minimum absolute atomic E-state index is 0.0350. The van der Waals surface area contributed by atoms with Crippen molar-refractivity contribution < 1.29 is 44.7 Å². The van der Waals surface area contributed by atoms with E-state index in [0.29, 0.717) is 24.0 Å². The fourth-order valence-electron chi connectivity index (χ4n) is 4.54. The molecule has 0 saturated carbocycles. The van der Waals surface area contributed by atoms with Crippen molar-refractivity contribution in [2.45, 2.75) is 56.3 Å². The predicted octanol–water partition coefficient (Wildman–Crippen LogP) is 6.35. The molecule has 1 heterocycles. The Balaban J connectivity index is 1.65. The number of aromatic nitrogens is 2. The van der Waals surface area contributed by atoms with Crippen molar-refractivity contribution in [3.63, 3.8) is 0 Å². The third kappa shape index (κ3) is 6.81. The highest BCUT2D eigenvalue weighted by molar-refractivity contribution is 7.90. The van der Waals surface area contributed by atoms with E-state index in [1.54, 1.807) is 6.07 Å². The van der Waals surface area contributed by atoms with Gasteiger partial charge in [-0.25, -0.2) is 22.5 Å². The first-order valence-corrected chi connectivity index (χ1v) is 14.8. The highest BCUT2D eigenvalue weighted by Crippen LogP contribution is 2.45. The Morgan fingerprint density at radius 3 is 2.18 bits per heavy atom. The molecule has 0 atom stereocenters. The van der Waals surface area contributed by atoms with Gasteiger partial charge in [0.1, 0.15) is 17.3 Å². The molecule has 4 aromatic rings. The first-order valence-electron chi connectivity index (χ1n) is 13.3. The molecule has 234 valence electrons. The number of halogens is 6. The van der Waals surface area contributed by atoms with Crippen LogP contribution in [-0.2, 0) is 35.5 Å². The van der Waals surface area contributed by atoms with Gasteiger partial charge in [0.05, 0.1) is 17.2 Å². The molecule has 0 radical (unpaired) electrons. The van der Waals surface area contributed by atoms with Gasteiger partial charge in [-0.05, 0) is 47.9 Å². The SMILES string of the molecule is CCCCc1nc(C(F)(F)C(F)(F)F)c(CO)n1Cc1ccc(-c2ccccc2S(=O)(=O)NC(=O)c2ccc(F)cc2)cc1. The molecule has 7 nitrogen and oxygen atoms in total. The van der Waals surface area contributed by atoms with E-state index >= 15 is 0 Å². The number of carbonyl (C=O) groups is 1. The number of aliphatic hydroxyl groups excluding tert-OH is 1. The average molecular weight is 640 g/mol. The summed E-state index contributed by atoms with van der Waals surface area (Å²) in [7, 11) is -4.40. The third-order valence-corrected chi connectivity index (χ3v) is 8.21. The number of rotatable bonds is 11. The summed E-state index contributed by atoms with van der Waals surface area (Å²) < 4.78 is 111. The molecule has 0 aliphatic heterocycles. The summed E-state index contributed by atoms with van der Waals surface area (Å²) in [6, 6.07) is 16.2. The first kappa shape index (κ1) is 32.7. The van der Waals surface area contributed by atoms with Crippen molar-refractivity contribution in [3.05, 3.63) is 107 Å². The van der Waals surface area contributed by atoms with Crippen molar-refractivity contribution >= 4 is 15.9 Å². The van der Waals surface area contributed by atoms with Gasteiger partial charge in [-0.15, -0.1) is 0 Å². The second-order valence-corrected chi connectivity index (χ2v) is 11.5. The number of alkyl halides is 5. The molecule has 1 amide bonds. The van der Waals surface area contributed by atoms with Crippen molar-refractivity contribution in [2.75, 3.05) is 0 Å². The molecule has 0 saturated heterocycles. The lowest BCUT2D eigenvalue weighted by Gasteiger charge is -2.19. The molecule has 2 N–H and O–H groups in total. The Kier molecular flexibility index (Phi) is 9.54. The summed E-state index contributed by atoms with van der Waals surface area (Å²) in [6.07, 6.45) is -4.73. The van der Waals surface area contributed by atoms with E-state index < -0.39 is 51.8 Å². The van der Waals surface area contributed by atoms with Gasteiger partial charge in [-0.1, -0.05) is 55.8 Å². The van der Waals surface area contributed by atoms with Crippen molar-refractivity contribution in [1.29, 1.82) is 0 Å². The number of nitrogens with zero attached hydrogens (tertiary/aromatic N) is 2. The smallest absolute Gasteiger partial charge is 0.390 e. The number of hydrogen-bond donors (Lipinski definition) is 2. The molecule has 0 unspecified atom stereocenters. The number of imidazole rings is 1. The Morgan fingerprint density at radius 2 is 1.59 bits per heavy atom. The topological polar surface area (TPSA) is 101 Å². The maximum absolute atomic E-state index is 14.3. The molecular formula is C30H27F6N3O4S. The molecule has 44 heavy (non-hydrogen) atoms. The summed E-state index contributed by atoms with van der Waals surface area (Å²) in [5.74, 6) is -6.88. The zero-order valence-electron chi connectivity index (χ0n) is 23.2. The fraction of sp³-hybridized carbons (Fsp3) is 0.267. The van der Waals surface area contributed by atoms with Crippen LogP contribution in [0.1, 0.15) is 52.9 Å². The molecular weight excluding hydrogens is 612 g/mol. The summed E-state index contributed by atoms with van der Waals surface area (Å²) in [5, 5.41) is 9.83. The number of nitrogens with one attached hydrogen (secondary N) is 1. The van der Waals surface area contributed by atoms with Crippen LogP contribution < -0.4 is 4.72 Å². The highest BCUT2D eigenvalue weighted by atomic mass is 32.2. The summed E-state index contributed by atoms with van der Waals surface area (Å²) >= 11 is 0. The van der Waals surface area contributed by atoms with Crippen LogP contribution in [0.4, 0.5) is 26.3 Å². The van der Waals surface area contributed by atoms with Crippen molar-refractivity contribution in [1.82, 2.24) is 14.3 Å². The van der Waals surface area contributed by atoms with Crippen LogP contribution in [0.2, 0.25) is 0 Å². The van der Waals surface area contributed by atoms with E-state index in [-0.39, 0.29) is 34.8 Å². The molecule has 0 aliphatic carbocycles. The highest BCUT2D eigenvalue weighted by Gasteiger charge is 2.61. The lowest BCUT2D eigenvalue weighted by atomic mass is 10.0. The van der Waals surface area contributed by atoms with Crippen LogP contribution in [0.3, 0.4) is 0 Å².